The van der Waals surface area contributed by atoms with Crippen LogP contribution in [0.3, 0.4) is 0 Å². The van der Waals surface area contributed by atoms with Crippen molar-refractivity contribution in [2.75, 3.05) is 11.9 Å². The van der Waals surface area contributed by atoms with E-state index in [1.807, 2.05) is 54.6 Å². The molecule has 1 heterocycles. The summed E-state index contributed by atoms with van der Waals surface area (Å²) < 4.78 is 4.03. The summed E-state index contributed by atoms with van der Waals surface area (Å²) in [5.41, 5.74) is 2.77. The standard InChI is InChI=1S/C23H26N6OS/c24-21(25-15-16-7-3-1-4-8-16)20-22(30)29-31-23(20)26-17-11-13-19(14-12-17)28-27-18-9-5-2-6-10-18/h2,5-6,9-14,16,26H,1,3-4,7-8,15H2,(H2,24,25)(H,29,30)/b28-27+. The van der Waals surface area contributed by atoms with Gasteiger partial charge in [-0.25, -0.2) is 0 Å². The predicted molar refractivity (Wildman–Crippen MR) is 126 cm³/mol. The van der Waals surface area contributed by atoms with Gasteiger partial charge in [-0.1, -0.05) is 37.5 Å². The Kier molecular flexibility index (Phi) is 6.89. The van der Waals surface area contributed by atoms with Crippen LogP contribution in [0.15, 0.2) is 64.8 Å². The predicted octanol–water partition coefficient (Wildman–Crippen LogP) is 6.50. The molecule has 0 bridgehead atoms. The SMILES string of the molecule is N=C(NCC1CCCCC1)c1c(O)nsc1Nc1ccc(/N=N/c2ccccc2)cc1. The Labute approximate surface area is 185 Å². The van der Waals surface area contributed by atoms with Gasteiger partial charge in [-0.05, 0) is 66.7 Å². The van der Waals surface area contributed by atoms with Crippen molar-refractivity contribution in [2.24, 2.45) is 16.1 Å². The van der Waals surface area contributed by atoms with Gasteiger partial charge < -0.3 is 15.7 Å². The lowest BCUT2D eigenvalue weighted by Crippen LogP contribution is -2.30. The summed E-state index contributed by atoms with van der Waals surface area (Å²) in [6.45, 7) is 0.759. The highest BCUT2D eigenvalue weighted by Crippen LogP contribution is 2.33. The van der Waals surface area contributed by atoms with Gasteiger partial charge in [0, 0.05) is 12.2 Å². The van der Waals surface area contributed by atoms with Gasteiger partial charge in [0.2, 0.25) is 5.88 Å². The average Bonchev–Trinajstić information content (AvgIpc) is 3.18. The van der Waals surface area contributed by atoms with Crippen LogP contribution < -0.4 is 10.6 Å². The maximum atomic E-state index is 10.2. The van der Waals surface area contributed by atoms with E-state index in [0.717, 1.165) is 35.1 Å². The third kappa shape index (κ3) is 5.67. The Morgan fingerprint density at radius 1 is 1.00 bits per heavy atom. The number of aromatic hydroxyl groups is 1. The summed E-state index contributed by atoms with van der Waals surface area (Å²) in [7, 11) is 0. The number of azo groups is 1. The molecule has 0 spiro atoms. The van der Waals surface area contributed by atoms with Crippen molar-refractivity contribution in [1.82, 2.24) is 9.69 Å². The molecule has 8 heteroatoms. The molecule has 3 aromatic rings. The van der Waals surface area contributed by atoms with Crippen molar-refractivity contribution < 1.29 is 5.11 Å². The summed E-state index contributed by atoms with van der Waals surface area (Å²) in [5, 5.41) is 34.1. The van der Waals surface area contributed by atoms with Crippen molar-refractivity contribution in [1.29, 1.82) is 5.41 Å². The third-order valence-electron chi connectivity index (χ3n) is 5.38. The van der Waals surface area contributed by atoms with Crippen LogP contribution in [0.1, 0.15) is 37.7 Å². The van der Waals surface area contributed by atoms with Crippen molar-refractivity contribution in [2.45, 2.75) is 32.1 Å². The first-order valence-corrected chi connectivity index (χ1v) is 11.3. The largest absolute Gasteiger partial charge is 0.492 e. The van der Waals surface area contributed by atoms with Crippen molar-refractivity contribution in [3.8, 4) is 5.88 Å². The molecular formula is C23H26N6OS. The van der Waals surface area contributed by atoms with Crippen molar-refractivity contribution in [3.63, 3.8) is 0 Å². The fourth-order valence-corrected chi connectivity index (χ4v) is 4.39. The molecule has 1 aliphatic carbocycles. The maximum Gasteiger partial charge on any atom is 0.236 e. The van der Waals surface area contributed by atoms with Crippen molar-refractivity contribution in [3.05, 3.63) is 60.2 Å². The molecule has 1 aliphatic rings. The van der Waals surface area contributed by atoms with E-state index in [-0.39, 0.29) is 11.7 Å². The van der Waals surface area contributed by atoms with Gasteiger partial charge in [0.1, 0.15) is 16.4 Å². The summed E-state index contributed by atoms with van der Waals surface area (Å²) >= 11 is 1.14. The van der Waals surface area contributed by atoms with Gasteiger partial charge in [0.15, 0.2) is 0 Å². The van der Waals surface area contributed by atoms with E-state index in [9.17, 15) is 5.11 Å². The quantitative estimate of drug-likeness (QED) is 0.193. The van der Waals surface area contributed by atoms with Gasteiger partial charge in [-0.15, -0.1) is 0 Å². The molecule has 2 aromatic carbocycles. The topological polar surface area (TPSA) is 106 Å². The Bertz CT molecular complexity index is 1030. The van der Waals surface area contributed by atoms with Crippen molar-refractivity contribution >= 4 is 39.4 Å². The highest BCUT2D eigenvalue weighted by molar-refractivity contribution is 7.11. The number of nitrogens with zero attached hydrogens (tertiary/aromatic N) is 3. The molecule has 0 radical (unpaired) electrons. The number of rotatable bonds is 7. The minimum Gasteiger partial charge on any atom is -0.492 e. The lowest BCUT2D eigenvalue weighted by atomic mass is 9.89. The summed E-state index contributed by atoms with van der Waals surface area (Å²) in [6.07, 6.45) is 6.24. The molecule has 1 aromatic heterocycles. The number of aromatic nitrogens is 1. The number of nitrogens with one attached hydrogen (secondary N) is 3. The summed E-state index contributed by atoms with van der Waals surface area (Å²) in [5.74, 6) is 0.673. The molecule has 0 amide bonds. The maximum absolute atomic E-state index is 10.2. The van der Waals surface area contributed by atoms with Gasteiger partial charge >= 0.3 is 0 Å². The molecule has 7 nitrogen and oxygen atoms in total. The van der Waals surface area contributed by atoms with Crippen LogP contribution in [0.5, 0.6) is 5.88 Å². The van der Waals surface area contributed by atoms with E-state index >= 15 is 0 Å². The third-order valence-corrected chi connectivity index (χ3v) is 6.13. The number of benzene rings is 2. The van der Waals surface area contributed by atoms with Crippen LogP contribution in [0.25, 0.3) is 0 Å². The molecule has 0 saturated heterocycles. The molecule has 0 aliphatic heterocycles. The number of hydrogen-bond acceptors (Lipinski definition) is 7. The fraction of sp³-hybridized carbons (Fsp3) is 0.304. The fourth-order valence-electron chi connectivity index (χ4n) is 3.67. The molecule has 0 unspecified atom stereocenters. The minimum atomic E-state index is -0.123. The average molecular weight is 435 g/mol. The first-order chi connectivity index (χ1) is 15.2. The highest BCUT2D eigenvalue weighted by atomic mass is 32.1. The van der Waals surface area contributed by atoms with Crippen LogP contribution in [-0.2, 0) is 0 Å². The van der Waals surface area contributed by atoms with Gasteiger partial charge in [-0.2, -0.15) is 14.6 Å². The van der Waals surface area contributed by atoms with Gasteiger partial charge in [0.05, 0.1) is 11.4 Å². The molecule has 1 saturated carbocycles. The van der Waals surface area contributed by atoms with Gasteiger partial charge in [0.25, 0.3) is 0 Å². The molecule has 4 N–H and O–H groups in total. The van der Waals surface area contributed by atoms with Crippen LogP contribution in [0.4, 0.5) is 22.1 Å². The second-order valence-electron chi connectivity index (χ2n) is 7.68. The first kappa shape index (κ1) is 21.0. The number of anilines is 2. The molecule has 0 atom stereocenters. The van der Waals surface area contributed by atoms with E-state index < -0.39 is 0 Å². The van der Waals surface area contributed by atoms with Crippen LogP contribution in [0.2, 0.25) is 0 Å². The summed E-state index contributed by atoms with van der Waals surface area (Å²) in [6, 6.07) is 17.1. The zero-order chi connectivity index (χ0) is 21.5. The highest BCUT2D eigenvalue weighted by Gasteiger charge is 2.20. The lowest BCUT2D eigenvalue weighted by Gasteiger charge is -2.22. The first-order valence-electron chi connectivity index (χ1n) is 10.5. The van der Waals surface area contributed by atoms with E-state index in [0.29, 0.717) is 16.5 Å². The Morgan fingerprint density at radius 2 is 1.68 bits per heavy atom. The van der Waals surface area contributed by atoms with Gasteiger partial charge in [-0.3, -0.25) is 5.41 Å². The zero-order valence-corrected chi connectivity index (χ0v) is 18.0. The minimum absolute atomic E-state index is 0.123. The number of amidine groups is 1. The smallest absolute Gasteiger partial charge is 0.236 e. The Balaban J connectivity index is 1.39. The van der Waals surface area contributed by atoms with E-state index in [2.05, 4.69) is 25.2 Å². The lowest BCUT2D eigenvalue weighted by molar-refractivity contribution is 0.356. The molecular weight excluding hydrogens is 408 g/mol. The Hall–Kier alpha value is -3.26. The van der Waals surface area contributed by atoms with Crippen LogP contribution >= 0.6 is 11.5 Å². The zero-order valence-electron chi connectivity index (χ0n) is 17.2. The second kappa shape index (κ2) is 10.2. The molecule has 1 fully saturated rings. The second-order valence-corrected chi connectivity index (χ2v) is 8.45. The Morgan fingerprint density at radius 3 is 2.39 bits per heavy atom. The molecule has 31 heavy (non-hydrogen) atoms. The van der Waals surface area contributed by atoms with Crippen LogP contribution in [-0.4, -0.2) is 21.9 Å². The molecule has 4 rings (SSSR count). The van der Waals surface area contributed by atoms with E-state index in [4.69, 9.17) is 5.41 Å². The number of hydrogen-bond donors (Lipinski definition) is 4. The normalized spacial score (nSPS) is 14.6. The summed E-state index contributed by atoms with van der Waals surface area (Å²) in [4.78, 5) is 0. The molecule has 160 valence electrons. The van der Waals surface area contributed by atoms with E-state index in [1.54, 1.807) is 0 Å². The van der Waals surface area contributed by atoms with E-state index in [1.165, 1.54) is 32.1 Å². The van der Waals surface area contributed by atoms with Crippen LogP contribution in [0, 0.1) is 11.3 Å². The monoisotopic (exact) mass is 434 g/mol.